The third-order valence-corrected chi connectivity index (χ3v) is 13.5. The molecule has 0 aliphatic carbocycles. The van der Waals surface area contributed by atoms with Gasteiger partial charge in [-0.25, -0.2) is 9.97 Å². The summed E-state index contributed by atoms with van der Waals surface area (Å²) in [6.45, 7) is 0. The summed E-state index contributed by atoms with van der Waals surface area (Å²) >= 11 is 0. The summed E-state index contributed by atoms with van der Waals surface area (Å²) in [6, 6.07) is 104. The maximum absolute atomic E-state index is 5.44. The summed E-state index contributed by atoms with van der Waals surface area (Å²) in [4.78, 5) is 10.9. The first-order valence-corrected chi connectivity index (χ1v) is 24.6. The van der Waals surface area contributed by atoms with Gasteiger partial charge in [0.15, 0.2) is 5.82 Å². The minimum Gasteiger partial charge on any atom is -0.228 e. The van der Waals surface area contributed by atoms with Crippen molar-refractivity contribution in [3.05, 3.63) is 291 Å². The number of rotatable bonds is 11. The molecule has 0 radical (unpaired) electrons. The standard InChI is InChI=1S/C70H48N2/c1-8-25-49(26-9-1)58-39-24-40-59(47-58)62-48-63(61-42-23-22-41-60(61)50-27-10-2-11-28-50)72-70(71-62)57-45-43-56(44-46-57)69-67(54-35-18-6-19-36-54)65(52-31-14-4-15-32-52)64(51-29-12-3-13-30-51)66(53-33-16-5-17-34-53)68(69)55-37-20-7-21-38-55/h1-48H. The molecule has 0 saturated carbocycles. The van der Waals surface area contributed by atoms with Crippen molar-refractivity contribution in [2.75, 3.05) is 0 Å². The average Bonchev–Trinajstić information content (AvgIpc) is 3.48. The molecule has 72 heavy (non-hydrogen) atoms. The van der Waals surface area contributed by atoms with E-state index in [2.05, 4.69) is 291 Å². The van der Waals surface area contributed by atoms with Crippen molar-refractivity contribution in [3.8, 4) is 123 Å². The van der Waals surface area contributed by atoms with Crippen molar-refractivity contribution in [3.63, 3.8) is 0 Å². The minimum atomic E-state index is 0.656. The van der Waals surface area contributed by atoms with Crippen molar-refractivity contribution in [1.29, 1.82) is 0 Å². The fourth-order valence-corrected chi connectivity index (χ4v) is 10.2. The highest BCUT2D eigenvalue weighted by Crippen LogP contribution is 2.56. The normalized spacial score (nSPS) is 11.1. The lowest BCUT2D eigenvalue weighted by Gasteiger charge is -2.28. The van der Waals surface area contributed by atoms with Crippen LogP contribution in [0.25, 0.3) is 123 Å². The van der Waals surface area contributed by atoms with Gasteiger partial charge in [0, 0.05) is 16.7 Å². The molecule has 2 heteroatoms. The number of hydrogen-bond acceptors (Lipinski definition) is 2. The van der Waals surface area contributed by atoms with E-state index in [-0.39, 0.29) is 0 Å². The summed E-state index contributed by atoms with van der Waals surface area (Å²) in [5.41, 5.74) is 23.1. The van der Waals surface area contributed by atoms with E-state index >= 15 is 0 Å². The Hall–Kier alpha value is -9.50. The van der Waals surface area contributed by atoms with Crippen molar-refractivity contribution >= 4 is 0 Å². The van der Waals surface area contributed by atoms with Gasteiger partial charge >= 0.3 is 0 Å². The zero-order chi connectivity index (χ0) is 48.1. The van der Waals surface area contributed by atoms with Crippen LogP contribution in [0.15, 0.2) is 291 Å². The van der Waals surface area contributed by atoms with Crippen molar-refractivity contribution in [1.82, 2.24) is 9.97 Å². The summed E-state index contributed by atoms with van der Waals surface area (Å²) in [5, 5.41) is 0. The van der Waals surface area contributed by atoms with Gasteiger partial charge in [0.05, 0.1) is 11.4 Å². The molecule has 2 nitrogen and oxygen atoms in total. The smallest absolute Gasteiger partial charge is 0.160 e. The van der Waals surface area contributed by atoms with E-state index in [1.807, 2.05) is 0 Å². The van der Waals surface area contributed by atoms with Crippen molar-refractivity contribution in [2.24, 2.45) is 0 Å². The van der Waals surface area contributed by atoms with Gasteiger partial charge in [0.25, 0.3) is 0 Å². The molecule has 0 N–H and O–H groups in total. The van der Waals surface area contributed by atoms with E-state index in [1.54, 1.807) is 0 Å². The Kier molecular flexibility index (Phi) is 12.1. The first-order chi connectivity index (χ1) is 35.7. The van der Waals surface area contributed by atoms with E-state index < -0.39 is 0 Å². The Morgan fingerprint density at radius 1 is 0.167 bits per heavy atom. The minimum absolute atomic E-state index is 0.656. The van der Waals surface area contributed by atoms with Crippen LogP contribution in [0.4, 0.5) is 0 Å². The first kappa shape index (κ1) is 43.8. The lowest BCUT2D eigenvalue weighted by Crippen LogP contribution is -2.02. The average molecular weight is 917 g/mol. The van der Waals surface area contributed by atoms with Gasteiger partial charge in [-0.3, -0.25) is 0 Å². The molecule has 0 amide bonds. The van der Waals surface area contributed by atoms with Crippen molar-refractivity contribution in [2.45, 2.75) is 0 Å². The molecule has 338 valence electrons. The highest BCUT2D eigenvalue weighted by Gasteiger charge is 2.29. The second kappa shape index (κ2) is 19.8. The van der Waals surface area contributed by atoms with Crippen LogP contribution in [0.1, 0.15) is 0 Å². The predicted octanol–water partition coefficient (Wildman–Crippen LogP) is 18.8. The zero-order valence-electron chi connectivity index (χ0n) is 39.6. The topological polar surface area (TPSA) is 25.8 Å². The van der Waals surface area contributed by atoms with Gasteiger partial charge in [0.2, 0.25) is 0 Å². The molecule has 12 aromatic rings. The van der Waals surface area contributed by atoms with Gasteiger partial charge in [-0.2, -0.15) is 0 Å². The molecule has 0 atom stereocenters. The molecule has 0 unspecified atom stereocenters. The third kappa shape index (κ3) is 8.63. The quantitative estimate of drug-likeness (QED) is 0.129. The van der Waals surface area contributed by atoms with E-state index in [0.29, 0.717) is 5.82 Å². The number of benzene rings is 11. The zero-order valence-corrected chi connectivity index (χ0v) is 39.6. The lowest BCUT2D eigenvalue weighted by molar-refractivity contribution is 1.18. The number of aromatic nitrogens is 2. The molecular formula is C70H48N2. The van der Waals surface area contributed by atoms with E-state index in [1.165, 1.54) is 27.8 Å². The largest absolute Gasteiger partial charge is 0.228 e. The summed E-state index contributed by atoms with van der Waals surface area (Å²) < 4.78 is 0. The van der Waals surface area contributed by atoms with Crippen LogP contribution >= 0.6 is 0 Å². The van der Waals surface area contributed by atoms with E-state index in [4.69, 9.17) is 9.97 Å². The molecule has 0 fully saturated rings. The van der Waals surface area contributed by atoms with Crippen LogP contribution in [0.3, 0.4) is 0 Å². The predicted molar refractivity (Wildman–Crippen MR) is 302 cm³/mol. The van der Waals surface area contributed by atoms with Crippen LogP contribution in [-0.4, -0.2) is 9.97 Å². The van der Waals surface area contributed by atoms with E-state index in [0.717, 1.165) is 89.3 Å². The van der Waals surface area contributed by atoms with Crippen LogP contribution in [0.5, 0.6) is 0 Å². The summed E-state index contributed by atoms with van der Waals surface area (Å²) in [6.07, 6.45) is 0. The molecule has 0 bridgehead atoms. The Bertz CT molecular complexity index is 3680. The maximum atomic E-state index is 5.44. The Balaban J connectivity index is 1.13. The van der Waals surface area contributed by atoms with Crippen LogP contribution in [0.2, 0.25) is 0 Å². The van der Waals surface area contributed by atoms with Crippen molar-refractivity contribution < 1.29 is 0 Å². The van der Waals surface area contributed by atoms with Gasteiger partial charge in [-0.15, -0.1) is 0 Å². The first-order valence-electron chi connectivity index (χ1n) is 24.6. The molecule has 12 rings (SSSR count). The summed E-state index contributed by atoms with van der Waals surface area (Å²) in [7, 11) is 0. The van der Waals surface area contributed by atoms with E-state index in [9.17, 15) is 0 Å². The molecule has 1 heterocycles. The van der Waals surface area contributed by atoms with Gasteiger partial charge < -0.3 is 0 Å². The SMILES string of the molecule is c1ccc(-c2cccc(-c3cc(-c4ccccc4-c4ccccc4)nc(-c4ccc(-c5c(-c6ccccc6)c(-c6ccccc6)c(-c6ccccc6)c(-c6ccccc6)c5-c5ccccc5)cc4)n3)c2)cc1. The van der Waals surface area contributed by atoms with Crippen LogP contribution in [0, 0.1) is 0 Å². The highest BCUT2D eigenvalue weighted by atomic mass is 14.9. The van der Waals surface area contributed by atoms with Gasteiger partial charge in [-0.05, 0) is 101 Å². The highest BCUT2D eigenvalue weighted by molar-refractivity contribution is 6.15. The molecule has 0 aliphatic rings. The summed E-state index contributed by atoms with van der Waals surface area (Å²) in [5.74, 6) is 0.656. The second-order valence-electron chi connectivity index (χ2n) is 18.0. The second-order valence-corrected chi connectivity index (χ2v) is 18.0. The lowest BCUT2D eigenvalue weighted by atomic mass is 9.74. The molecular weight excluding hydrogens is 869 g/mol. The Labute approximate surface area is 421 Å². The van der Waals surface area contributed by atoms with Gasteiger partial charge in [-0.1, -0.05) is 279 Å². The maximum Gasteiger partial charge on any atom is 0.160 e. The molecule has 0 aliphatic heterocycles. The third-order valence-electron chi connectivity index (χ3n) is 13.5. The fraction of sp³-hybridized carbons (Fsp3) is 0. The Morgan fingerprint density at radius 3 is 0.875 bits per heavy atom. The molecule has 11 aromatic carbocycles. The monoisotopic (exact) mass is 916 g/mol. The van der Waals surface area contributed by atoms with Gasteiger partial charge in [0.1, 0.15) is 0 Å². The Morgan fingerprint density at radius 2 is 0.458 bits per heavy atom. The number of nitrogens with zero attached hydrogens (tertiary/aromatic N) is 2. The number of hydrogen-bond donors (Lipinski definition) is 0. The van der Waals surface area contributed by atoms with Crippen LogP contribution in [-0.2, 0) is 0 Å². The molecule has 0 saturated heterocycles. The fourth-order valence-electron chi connectivity index (χ4n) is 10.2. The molecule has 1 aromatic heterocycles. The molecule has 0 spiro atoms. The van der Waals surface area contributed by atoms with Crippen LogP contribution < -0.4 is 0 Å².